The average Bonchev–Trinajstić information content (AvgIpc) is 3.18. The second-order valence-electron chi connectivity index (χ2n) is 7.34. The normalized spacial score (nSPS) is 15.9. The van der Waals surface area contributed by atoms with E-state index in [2.05, 4.69) is 31.7 Å². The van der Waals surface area contributed by atoms with Crippen molar-refractivity contribution in [3.05, 3.63) is 72.0 Å². The van der Waals surface area contributed by atoms with E-state index in [9.17, 15) is 8.78 Å². The molecule has 3 heterocycles. The van der Waals surface area contributed by atoms with Gasteiger partial charge >= 0.3 is 0 Å². The molecule has 1 aromatic carbocycles. The first kappa shape index (κ1) is 21.0. The Kier molecular flexibility index (Phi) is 5.97. The largest absolute Gasteiger partial charge is 0.436 e. The first-order valence-corrected chi connectivity index (χ1v) is 9.99. The van der Waals surface area contributed by atoms with Crippen molar-refractivity contribution < 1.29 is 13.5 Å². The fourth-order valence-corrected chi connectivity index (χ4v) is 3.70. The molecule has 4 N–H and O–H groups in total. The van der Waals surface area contributed by atoms with Crippen LogP contribution in [0.3, 0.4) is 0 Å². The highest BCUT2D eigenvalue weighted by molar-refractivity contribution is 5.83. The van der Waals surface area contributed by atoms with Crippen LogP contribution >= 0.6 is 0 Å². The van der Waals surface area contributed by atoms with Crippen LogP contribution in [0, 0.1) is 18.6 Å². The monoisotopic (exact) mass is 426 g/mol. The second-order valence-corrected chi connectivity index (χ2v) is 7.34. The van der Waals surface area contributed by atoms with E-state index in [-0.39, 0.29) is 22.5 Å². The molecule has 31 heavy (non-hydrogen) atoms. The molecule has 1 aliphatic heterocycles. The Bertz CT molecular complexity index is 1140. The molecule has 3 aromatic rings. The first-order valence-electron chi connectivity index (χ1n) is 9.99. The van der Waals surface area contributed by atoms with Gasteiger partial charge < -0.3 is 25.7 Å². The summed E-state index contributed by atoms with van der Waals surface area (Å²) < 4.78 is 34.8. The van der Waals surface area contributed by atoms with Crippen LogP contribution in [0.5, 0.6) is 11.6 Å². The number of ether oxygens (including phenoxy) is 1. The zero-order valence-corrected chi connectivity index (χ0v) is 17.2. The van der Waals surface area contributed by atoms with Gasteiger partial charge in [-0.05, 0) is 19.1 Å². The highest BCUT2D eigenvalue weighted by Crippen LogP contribution is 2.32. The summed E-state index contributed by atoms with van der Waals surface area (Å²) in [4.78, 5) is 13.3. The van der Waals surface area contributed by atoms with E-state index in [4.69, 9.17) is 10.5 Å². The Balaban J connectivity index is 1.62. The number of piperazine rings is 1. The number of halogens is 2. The molecular weight excluding hydrogens is 402 g/mol. The molecule has 2 aromatic heterocycles. The summed E-state index contributed by atoms with van der Waals surface area (Å²) >= 11 is 0. The number of aromatic nitrogens is 3. The molecule has 0 aliphatic carbocycles. The maximum atomic E-state index is 14.9. The number of H-pyrrole nitrogens is 1. The number of benzene rings is 1. The van der Waals surface area contributed by atoms with Gasteiger partial charge in [0.05, 0.1) is 17.3 Å². The van der Waals surface area contributed by atoms with Gasteiger partial charge in [-0.3, -0.25) is 0 Å². The molecule has 162 valence electrons. The lowest BCUT2D eigenvalue weighted by Gasteiger charge is -2.34. The third-order valence-corrected chi connectivity index (χ3v) is 5.19. The predicted octanol–water partition coefficient (Wildman–Crippen LogP) is 3.31. The number of nitrogens with one attached hydrogen (secondary N) is 2. The van der Waals surface area contributed by atoms with Crippen molar-refractivity contribution in [1.29, 1.82) is 0 Å². The van der Waals surface area contributed by atoms with Gasteiger partial charge in [-0.2, -0.15) is 0 Å². The molecule has 1 atom stereocenters. The molecule has 0 radical (unpaired) electrons. The summed E-state index contributed by atoms with van der Waals surface area (Å²) in [6, 6.07) is 3.51. The molecule has 1 saturated heterocycles. The Morgan fingerprint density at radius 3 is 2.77 bits per heavy atom. The van der Waals surface area contributed by atoms with Crippen molar-refractivity contribution in [3.8, 4) is 11.6 Å². The van der Waals surface area contributed by atoms with Crippen LogP contribution in [0.15, 0.2) is 49.0 Å². The van der Waals surface area contributed by atoms with E-state index in [1.165, 1.54) is 18.5 Å². The van der Waals surface area contributed by atoms with E-state index in [0.29, 0.717) is 11.4 Å². The molecular formula is C22H24F2N6O. The third-order valence-electron chi connectivity index (χ3n) is 5.19. The van der Waals surface area contributed by atoms with E-state index >= 15 is 0 Å². The average molecular weight is 426 g/mol. The summed E-state index contributed by atoms with van der Waals surface area (Å²) in [6.07, 6.45) is 4.83. The van der Waals surface area contributed by atoms with Gasteiger partial charge in [0, 0.05) is 55.1 Å². The number of nitrogens with zero attached hydrogens (tertiary/aromatic N) is 3. The van der Waals surface area contributed by atoms with Crippen LogP contribution < -0.4 is 15.8 Å². The van der Waals surface area contributed by atoms with Crippen LogP contribution in [-0.4, -0.2) is 46.0 Å². The number of aryl methyl sites for hydroxylation is 1. The fraction of sp³-hybridized carbons (Fsp3) is 0.273. The van der Waals surface area contributed by atoms with Crippen LogP contribution in [-0.2, 0) is 0 Å². The van der Waals surface area contributed by atoms with Crippen molar-refractivity contribution in [1.82, 2.24) is 25.2 Å². The Hall–Kier alpha value is -3.30. The van der Waals surface area contributed by atoms with E-state index in [1.54, 1.807) is 13.0 Å². The lowest BCUT2D eigenvalue weighted by Crippen LogP contribution is -2.44. The van der Waals surface area contributed by atoms with Crippen molar-refractivity contribution >= 4 is 10.9 Å². The fourth-order valence-electron chi connectivity index (χ4n) is 3.70. The minimum atomic E-state index is -0.668. The SMILES string of the molecule is C=C/C=C(\C(N)c1cc(Oc2cc(F)c3[nH]c(C)cc3c2F)ncn1)N1CCNCC1. The quantitative estimate of drug-likeness (QED) is 0.524. The Labute approximate surface area is 178 Å². The molecule has 0 saturated carbocycles. The molecule has 0 spiro atoms. The molecule has 7 nitrogen and oxygen atoms in total. The van der Waals surface area contributed by atoms with Crippen molar-refractivity contribution in [2.45, 2.75) is 13.0 Å². The summed E-state index contributed by atoms with van der Waals surface area (Å²) in [5, 5.41) is 3.42. The van der Waals surface area contributed by atoms with Crippen LogP contribution in [0.1, 0.15) is 17.4 Å². The summed E-state index contributed by atoms with van der Waals surface area (Å²) in [5.41, 5.74) is 8.60. The number of nitrogens with two attached hydrogens (primary N) is 1. The highest BCUT2D eigenvalue weighted by atomic mass is 19.1. The minimum absolute atomic E-state index is 0.0728. The van der Waals surface area contributed by atoms with Gasteiger partial charge in [-0.25, -0.2) is 18.7 Å². The number of hydrogen-bond donors (Lipinski definition) is 3. The van der Waals surface area contributed by atoms with Gasteiger partial charge in [0.2, 0.25) is 5.88 Å². The second kappa shape index (κ2) is 8.83. The third kappa shape index (κ3) is 4.28. The van der Waals surface area contributed by atoms with E-state index in [0.717, 1.165) is 37.9 Å². The molecule has 0 bridgehead atoms. The van der Waals surface area contributed by atoms with Crippen LogP contribution in [0.4, 0.5) is 8.78 Å². The van der Waals surface area contributed by atoms with Gasteiger partial charge in [0.1, 0.15) is 6.33 Å². The minimum Gasteiger partial charge on any atom is -0.436 e. The van der Waals surface area contributed by atoms with Crippen LogP contribution in [0.2, 0.25) is 0 Å². The first-order chi connectivity index (χ1) is 15.0. The molecule has 1 unspecified atom stereocenters. The van der Waals surface area contributed by atoms with Crippen molar-refractivity contribution in [2.75, 3.05) is 26.2 Å². The van der Waals surface area contributed by atoms with Gasteiger partial charge in [0.15, 0.2) is 17.4 Å². The number of fused-ring (bicyclic) bond motifs is 1. The Morgan fingerprint density at radius 2 is 2.03 bits per heavy atom. The zero-order valence-electron chi connectivity index (χ0n) is 17.2. The maximum absolute atomic E-state index is 14.9. The van der Waals surface area contributed by atoms with Gasteiger partial charge in [-0.15, -0.1) is 0 Å². The molecule has 4 rings (SSSR count). The number of hydrogen-bond acceptors (Lipinski definition) is 6. The number of rotatable bonds is 6. The molecule has 1 aliphatic rings. The van der Waals surface area contributed by atoms with E-state index < -0.39 is 17.7 Å². The lowest BCUT2D eigenvalue weighted by molar-refractivity contribution is 0.282. The lowest BCUT2D eigenvalue weighted by atomic mass is 10.1. The van der Waals surface area contributed by atoms with Crippen molar-refractivity contribution in [2.24, 2.45) is 5.73 Å². The maximum Gasteiger partial charge on any atom is 0.222 e. The number of aromatic amines is 1. The summed E-state index contributed by atoms with van der Waals surface area (Å²) in [5.74, 6) is -1.46. The number of allylic oxidation sites excluding steroid dienone is 2. The smallest absolute Gasteiger partial charge is 0.222 e. The zero-order chi connectivity index (χ0) is 22.0. The Morgan fingerprint density at radius 1 is 1.26 bits per heavy atom. The van der Waals surface area contributed by atoms with Gasteiger partial charge in [-0.1, -0.05) is 12.7 Å². The molecule has 1 fully saturated rings. The topological polar surface area (TPSA) is 92.1 Å². The summed E-state index contributed by atoms with van der Waals surface area (Å²) in [7, 11) is 0. The summed E-state index contributed by atoms with van der Waals surface area (Å²) in [6.45, 7) is 8.83. The predicted molar refractivity (Wildman–Crippen MR) is 115 cm³/mol. The van der Waals surface area contributed by atoms with Crippen LogP contribution in [0.25, 0.3) is 10.9 Å². The van der Waals surface area contributed by atoms with E-state index in [1.807, 2.05) is 6.08 Å². The standard InChI is InChI=1S/C22H24F2N6O/c1-3-4-17(30-7-5-26-6-8-30)21(25)16-11-19(28-12-27-16)31-18-10-15(23)22-14(20(18)24)9-13(2)29-22/h3-4,9-12,21,26,29H,1,5-8,25H2,2H3/b17-4+. The van der Waals surface area contributed by atoms with Gasteiger partial charge in [0.25, 0.3) is 0 Å². The van der Waals surface area contributed by atoms with Crippen molar-refractivity contribution in [3.63, 3.8) is 0 Å². The highest BCUT2D eigenvalue weighted by Gasteiger charge is 2.22. The molecule has 0 amide bonds. The molecule has 9 heteroatoms.